The number of ether oxygens (including phenoxy) is 2. The van der Waals surface area contributed by atoms with Crippen LogP contribution in [-0.4, -0.2) is 205 Å². The van der Waals surface area contributed by atoms with Gasteiger partial charge in [0.1, 0.15) is 107 Å². The molecule has 12 aliphatic rings. The fourth-order valence-corrected chi connectivity index (χ4v) is 20.0. The molecule has 12 heterocycles. The second-order valence-corrected chi connectivity index (χ2v) is 48.2. The van der Waals surface area contributed by atoms with Crippen LogP contribution < -0.4 is 27.0 Å². The van der Waals surface area contributed by atoms with Crippen LogP contribution in [0.3, 0.4) is 0 Å². The molecule has 22 rings (SSSR count). The van der Waals surface area contributed by atoms with E-state index >= 15 is 0 Å². The van der Waals surface area contributed by atoms with Crippen molar-refractivity contribution < 1.29 is 67.6 Å². The number of anilines is 4. The van der Waals surface area contributed by atoms with Crippen molar-refractivity contribution in [1.82, 2.24) is 79.4 Å². The van der Waals surface area contributed by atoms with Gasteiger partial charge in [0.15, 0.2) is 11.6 Å². The number of aromatic nitrogens is 12. The predicted molar refractivity (Wildman–Crippen MR) is 617 cm³/mol. The Hall–Kier alpha value is -8.57. The van der Waals surface area contributed by atoms with Crippen molar-refractivity contribution in [3.05, 3.63) is 173 Å². The first-order chi connectivity index (χ1) is 69.1. The topological polar surface area (TPSA) is 452 Å². The average Bonchev–Trinajstić information content (AvgIpc) is 1.59. The third-order valence-electron chi connectivity index (χ3n) is 26.5. The lowest BCUT2D eigenvalue weighted by atomic mass is 10.0. The minimum Gasteiger partial charge on any atom is -0.480 e. The molecular formula is C99H116Br4Cl2N20O14S10. The number of nitrogens with two attached hydrogens (primary N) is 1. The molecule has 0 unspecified atom stereocenters. The average molecular weight is 2520 g/mol. The Kier molecular flexibility index (Phi) is 43.9. The van der Waals surface area contributed by atoms with E-state index in [2.05, 4.69) is 214 Å². The number of piperidine rings is 4. The summed E-state index contributed by atoms with van der Waals surface area (Å²) in [7, 11) is 3.26. The number of carboxylic acid groups (broad SMARTS) is 2. The van der Waals surface area contributed by atoms with Gasteiger partial charge in [-0.1, -0.05) is 43.8 Å². The number of nitrogens with zero attached hydrogens (tertiary/aromatic N) is 15. The van der Waals surface area contributed by atoms with Crippen LogP contribution in [-0.2, 0) is 145 Å². The molecule has 0 spiro atoms. The monoisotopic (exact) mass is 2510 g/mol. The molecule has 34 nitrogen and oxygen atoms in total. The summed E-state index contributed by atoms with van der Waals surface area (Å²) in [5, 5.41) is 40.4. The minimum absolute atomic E-state index is 0. The molecule has 10 aromatic rings. The van der Waals surface area contributed by atoms with E-state index in [0.29, 0.717) is 133 Å². The highest BCUT2D eigenvalue weighted by Gasteiger charge is 2.60. The zero-order chi connectivity index (χ0) is 105. The number of halogens is 6. The number of pyridine rings is 4. The fourth-order valence-electron chi connectivity index (χ4n) is 18.8. The number of fused-ring (bicyclic) bond motifs is 6. The molecule has 2 aromatic carbocycles. The Morgan fingerprint density at radius 3 is 1.14 bits per heavy atom. The summed E-state index contributed by atoms with van der Waals surface area (Å²) < 4.78 is 16.5. The van der Waals surface area contributed by atoms with Crippen LogP contribution in [0, 0.1) is 61.2 Å². The number of aliphatic carboxylic acids is 2. The standard InChI is InChI=1S/C30H28BrN7O3.C19H24BrN3O3.C16H14N4O3.C14H16BrN3O.C11H17NO4.C8H9BrN2.CH4.2ClH.S4.S3.S2.H2S/c1-15(39)27-23-9-18(20-11-32-16(2)33-12-20)5-7-24(23)38(36-27)14-26(40)37-13-19-10-22(19)28(37)30(41)35-29-21(17-3-4-17)6-8-25(31)34-29;1-19(2,3)26-18(25)23-9-11-8-13(11)15(23)17(24)22-16-12(10-4-5-10)6-7-14(20)21-16;1-9(21)16-13-5-11(12-6-17-10(2)18-7-12)3-4-14(13)20(19-16)8-15(22)23;15-11-4-3-9(7-1-2-7)13(17-11)18-14(19)12-10-5-8(10)6-16-12;1-11(2,3)16-10(15)12-5-6-4-7(6)8(12)9(13)14;9-7-4-3-6(5-1-2-5)8(10)11-7;;;;1-3-4-2;1-3-2;1-2;/h5-9,11-12,17,19,22,28H,3-4,10,13-14H2,1-2H3,(H,34,35,41);6-7,10-11,13,15H,4-5,8-9H2,1-3H3,(H,21,22,24);3-7H,8H2,1-2H3,(H,22,23);3-4,7-8,10,12,16H,1-2,5-6H2,(H,17,18,19);6-8H,4-5H2,1-3H3,(H,13,14);3-5H,1-2H2,(H2,10,11);1H4;2*1H;;;;1H2/t19-,22-,28+;11-,13-,15+;;8-,10-,12+;6-,7-,8+;;;;;;;;/m11.11......../s1. The van der Waals surface area contributed by atoms with Crippen LogP contribution in [0.1, 0.15) is 218 Å². The molecule has 798 valence electrons. The van der Waals surface area contributed by atoms with Crippen LogP contribution in [0.15, 0.2) is 128 Å². The summed E-state index contributed by atoms with van der Waals surface area (Å²) in [5.41, 5.74) is 14.3. The van der Waals surface area contributed by atoms with Crippen molar-refractivity contribution in [2.45, 2.75) is 226 Å². The Labute approximate surface area is 954 Å². The molecule has 8 saturated carbocycles. The number of aryl methyl sites for hydroxylation is 2. The molecule has 8 aliphatic carbocycles. The SMILES string of the molecule is C.CC(=O)c1nn(CC(=O)N2C[C@H]3C[C@H]3[C@H]2C(=O)Nc2nc(Br)ccc2C2CC2)c2ccc(-c3cnc(C)nc3)cc12.CC(=O)c1nn(CC(=O)O)c2ccc(-c3cnc(C)nc3)cc12.CC(C)(C)OC(=O)N1C[C@H]2C[C@H]2[C@H]1C(=O)Nc1nc(Br)ccc1C1CC1.CC(C)(C)OC(=O)N1C[C@H]2C[C@H]2[C@H]1C(=O)O.Cl.Cl.Nc1nc(Br)ccc1C1CC1.O=C(Nc1nc(Br)ccc1C1CC1)[C@H]1NC[C@H]2C[C@H]21.S.S=S.S=S=S.S=S=S=S. The summed E-state index contributed by atoms with van der Waals surface area (Å²) in [4.78, 5) is 162. The van der Waals surface area contributed by atoms with Crippen LogP contribution in [0.5, 0.6) is 0 Å². The molecule has 4 aliphatic heterocycles. The molecule has 12 fully saturated rings. The number of carboxylic acids is 2. The van der Waals surface area contributed by atoms with Gasteiger partial charge in [0.2, 0.25) is 23.6 Å². The van der Waals surface area contributed by atoms with Gasteiger partial charge in [-0.3, -0.25) is 52.7 Å². The van der Waals surface area contributed by atoms with E-state index in [0.717, 1.165) is 115 Å². The van der Waals surface area contributed by atoms with E-state index in [1.807, 2.05) is 94.4 Å². The maximum atomic E-state index is 13.7. The number of hydrogen-bond donors (Lipinski definition) is 7. The lowest BCUT2D eigenvalue weighted by Crippen LogP contribution is -2.47. The first-order valence-electron chi connectivity index (χ1n) is 47.2. The number of rotatable bonds is 19. The number of nitrogen functional groups attached to an aromatic ring is 1. The Bertz CT molecular complexity index is 6780. The fraction of sp³-hybridized carbons (Fsp3) is 0.475. The first kappa shape index (κ1) is 122. The first-order valence-corrected chi connectivity index (χ1v) is 58.3. The van der Waals surface area contributed by atoms with Crippen LogP contribution in [0.4, 0.5) is 32.9 Å². The molecule has 0 radical (unpaired) electrons. The summed E-state index contributed by atoms with van der Waals surface area (Å²) in [6, 6.07) is 25.2. The Balaban J connectivity index is 0.000000186. The molecule has 0 bridgehead atoms. The van der Waals surface area contributed by atoms with Gasteiger partial charge in [-0.2, -0.15) is 23.7 Å². The zero-order valence-corrected chi connectivity index (χ0v) is 98.3. The lowest BCUT2D eigenvalue weighted by Gasteiger charge is -2.29. The highest BCUT2D eigenvalue weighted by atomic mass is 79.9. The van der Waals surface area contributed by atoms with Crippen molar-refractivity contribution in [3.63, 3.8) is 0 Å². The summed E-state index contributed by atoms with van der Waals surface area (Å²) in [5.74, 6) is 6.24. The number of hydrogen-bond acceptors (Lipinski definition) is 30. The number of nitrogens with one attached hydrogen (secondary N) is 4. The van der Waals surface area contributed by atoms with Crippen molar-refractivity contribution in [2.24, 2.45) is 47.3 Å². The molecule has 12 atom stereocenters. The molecule has 8 aromatic heterocycles. The zero-order valence-electron chi connectivity index (χ0n) is 81.9. The van der Waals surface area contributed by atoms with Gasteiger partial charge in [-0.05, 0) is 356 Å². The quantitative estimate of drug-likeness (QED) is 0.0292. The van der Waals surface area contributed by atoms with Crippen LogP contribution in [0.25, 0.3) is 44.1 Å². The molecule has 6 amide bonds. The highest BCUT2D eigenvalue weighted by Crippen LogP contribution is 2.54. The van der Waals surface area contributed by atoms with E-state index in [1.54, 1.807) is 73.0 Å². The molecule has 50 heteroatoms. The van der Waals surface area contributed by atoms with Gasteiger partial charge in [0.25, 0.3) is 0 Å². The largest absolute Gasteiger partial charge is 0.480 e. The van der Waals surface area contributed by atoms with Crippen LogP contribution >= 0.6 is 102 Å². The molecule has 149 heavy (non-hydrogen) atoms. The van der Waals surface area contributed by atoms with Crippen molar-refractivity contribution in [3.8, 4) is 22.3 Å². The van der Waals surface area contributed by atoms with Crippen molar-refractivity contribution >= 4 is 300 Å². The number of likely N-dealkylation sites (tertiary alicyclic amines) is 3. The van der Waals surface area contributed by atoms with E-state index in [1.165, 1.54) is 84.4 Å². The smallest absolute Gasteiger partial charge is 0.411 e. The maximum Gasteiger partial charge on any atom is 0.411 e. The third kappa shape index (κ3) is 32.3. The summed E-state index contributed by atoms with van der Waals surface area (Å²) in [6.45, 7) is 19.6. The highest BCUT2D eigenvalue weighted by molar-refractivity contribution is 9.11. The van der Waals surface area contributed by atoms with Crippen LogP contribution in [0.2, 0.25) is 0 Å². The molecule has 4 saturated heterocycles. The number of amides is 6. The summed E-state index contributed by atoms with van der Waals surface area (Å²) in [6.07, 6.45) is 19.4. The van der Waals surface area contributed by atoms with E-state index in [9.17, 15) is 47.9 Å². The second kappa shape index (κ2) is 53.5. The normalized spacial score (nSPS) is 21.2. The van der Waals surface area contributed by atoms with Gasteiger partial charge < -0.3 is 51.6 Å². The second-order valence-electron chi connectivity index (χ2n) is 39.6. The number of benzene rings is 2. The van der Waals surface area contributed by atoms with Gasteiger partial charge in [0, 0.05) is 174 Å². The van der Waals surface area contributed by atoms with Crippen molar-refractivity contribution in [2.75, 3.05) is 47.9 Å². The lowest BCUT2D eigenvalue weighted by molar-refractivity contribution is -0.143. The summed E-state index contributed by atoms with van der Waals surface area (Å²) >= 11 is 37.7. The third-order valence-corrected chi connectivity index (χ3v) is 30.5. The van der Waals surface area contributed by atoms with E-state index in [4.69, 9.17) is 25.4 Å². The van der Waals surface area contributed by atoms with E-state index < -0.39 is 53.5 Å². The maximum absolute atomic E-state index is 13.7. The van der Waals surface area contributed by atoms with Gasteiger partial charge >= 0.3 is 24.1 Å². The Morgan fingerprint density at radius 2 is 0.805 bits per heavy atom. The molecular weight excluding hydrogens is 2400 g/mol. The van der Waals surface area contributed by atoms with Gasteiger partial charge in [-0.25, -0.2) is 54.3 Å². The predicted octanol–water partition coefficient (Wildman–Crippen LogP) is 18.0. The Morgan fingerprint density at radius 1 is 0.470 bits per heavy atom. The number of carbonyl (C=O) groups is 10. The number of carbonyl (C=O) groups excluding carboxylic acids is 8. The number of ketones is 2. The van der Waals surface area contributed by atoms with E-state index in [-0.39, 0.29) is 124 Å². The van der Waals surface area contributed by atoms with Gasteiger partial charge in [0.05, 0.1) is 17.1 Å². The minimum atomic E-state index is -1.01. The van der Waals surface area contributed by atoms with Gasteiger partial charge in [-0.15, -0.1) is 24.8 Å². The van der Waals surface area contributed by atoms with Crippen molar-refractivity contribution in [1.29, 1.82) is 0 Å². The molecule has 8 N–H and O–H groups in total. The number of Topliss-reactive ketones (excluding diaryl/α,β-unsaturated/α-hetero) is 2.